The van der Waals surface area contributed by atoms with Crippen molar-refractivity contribution in [2.45, 2.75) is 30.6 Å². The van der Waals surface area contributed by atoms with E-state index >= 15 is 0 Å². The molecule has 0 bridgehead atoms. The number of rotatable bonds is 8. The van der Waals surface area contributed by atoms with Crippen molar-refractivity contribution in [2.24, 2.45) is 0 Å². The van der Waals surface area contributed by atoms with Crippen LogP contribution in [0.5, 0.6) is 5.75 Å². The van der Waals surface area contributed by atoms with Gasteiger partial charge in [-0.25, -0.2) is 17.2 Å². The van der Waals surface area contributed by atoms with E-state index in [9.17, 15) is 17.2 Å². The van der Waals surface area contributed by atoms with E-state index in [0.717, 1.165) is 19.3 Å². The first-order chi connectivity index (χ1) is 9.36. The highest BCUT2D eigenvalue weighted by Gasteiger charge is 2.18. The van der Waals surface area contributed by atoms with Crippen molar-refractivity contribution < 1.29 is 21.9 Å². The SMILES string of the molecule is C=CCCCCCOc1c(F)cc(S(=O)(=O)Cl)cc1F. The third kappa shape index (κ3) is 5.09. The Hall–Kier alpha value is -1.14. The maximum Gasteiger partial charge on any atom is 0.261 e. The van der Waals surface area contributed by atoms with Crippen LogP contribution in [0.4, 0.5) is 8.78 Å². The van der Waals surface area contributed by atoms with E-state index < -0.39 is 31.3 Å². The van der Waals surface area contributed by atoms with Gasteiger partial charge in [0, 0.05) is 10.7 Å². The summed E-state index contributed by atoms with van der Waals surface area (Å²) in [5.41, 5.74) is 0. The zero-order chi connectivity index (χ0) is 15.2. The van der Waals surface area contributed by atoms with E-state index in [4.69, 9.17) is 15.4 Å². The largest absolute Gasteiger partial charge is 0.488 e. The van der Waals surface area contributed by atoms with Crippen molar-refractivity contribution in [1.29, 1.82) is 0 Å². The molecule has 0 amide bonds. The van der Waals surface area contributed by atoms with Crippen LogP contribution in [0.25, 0.3) is 0 Å². The maximum atomic E-state index is 13.6. The van der Waals surface area contributed by atoms with Crippen LogP contribution in [0.2, 0.25) is 0 Å². The van der Waals surface area contributed by atoms with Crippen molar-refractivity contribution in [3.05, 3.63) is 36.4 Å². The van der Waals surface area contributed by atoms with Crippen LogP contribution >= 0.6 is 10.7 Å². The van der Waals surface area contributed by atoms with E-state index in [-0.39, 0.29) is 6.61 Å². The zero-order valence-corrected chi connectivity index (χ0v) is 12.3. The fourth-order valence-corrected chi connectivity index (χ4v) is 2.31. The normalized spacial score (nSPS) is 11.3. The number of benzene rings is 1. The van der Waals surface area contributed by atoms with Crippen molar-refractivity contribution in [3.63, 3.8) is 0 Å². The van der Waals surface area contributed by atoms with Crippen LogP contribution in [0, 0.1) is 11.6 Å². The summed E-state index contributed by atoms with van der Waals surface area (Å²) in [4.78, 5) is -0.632. The topological polar surface area (TPSA) is 43.4 Å². The summed E-state index contributed by atoms with van der Waals surface area (Å²) in [5, 5.41) is 0. The lowest BCUT2D eigenvalue weighted by molar-refractivity contribution is 0.275. The number of allylic oxidation sites excluding steroid dienone is 1. The minimum Gasteiger partial charge on any atom is -0.488 e. The average molecular weight is 325 g/mol. The molecule has 1 rings (SSSR count). The molecule has 0 aliphatic rings. The van der Waals surface area contributed by atoms with Gasteiger partial charge in [-0.2, -0.15) is 0 Å². The van der Waals surface area contributed by atoms with Gasteiger partial charge < -0.3 is 4.74 Å². The lowest BCUT2D eigenvalue weighted by Gasteiger charge is -2.09. The number of unbranched alkanes of at least 4 members (excludes halogenated alkanes) is 3. The molecule has 0 saturated heterocycles. The van der Waals surface area contributed by atoms with E-state index in [1.54, 1.807) is 6.08 Å². The molecule has 0 N–H and O–H groups in total. The van der Waals surface area contributed by atoms with Gasteiger partial charge >= 0.3 is 0 Å². The van der Waals surface area contributed by atoms with Crippen molar-refractivity contribution in [2.75, 3.05) is 6.61 Å². The Morgan fingerprint density at radius 3 is 2.30 bits per heavy atom. The van der Waals surface area contributed by atoms with Gasteiger partial charge in [0.25, 0.3) is 9.05 Å². The van der Waals surface area contributed by atoms with Crippen LogP contribution in [0.1, 0.15) is 25.7 Å². The Balaban J connectivity index is 2.65. The molecule has 0 radical (unpaired) electrons. The zero-order valence-electron chi connectivity index (χ0n) is 10.7. The van der Waals surface area contributed by atoms with Crippen LogP contribution in [-0.4, -0.2) is 15.0 Å². The lowest BCUT2D eigenvalue weighted by atomic mass is 10.2. The first kappa shape index (κ1) is 16.9. The van der Waals surface area contributed by atoms with Gasteiger partial charge in [0.15, 0.2) is 17.4 Å². The molecule has 1 aromatic carbocycles. The Labute approximate surface area is 121 Å². The van der Waals surface area contributed by atoms with E-state index in [1.165, 1.54) is 0 Å². The summed E-state index contributed by atoms with van der Waals surface area (Å²) in [5.74, 6) is -2.76. The van der Waals surface area contributed by atoms with Gasteiger partial charge in [0.1, 0.15) is 0 Å². The third-order valence-corrected chi connectivity index (χ3v) is 3.89. The molecule has 1 aromatic rings. The first-order valence-corrected chi connectivity index (χ1v) is 8.34. The molecule has 0 unspecified atom stereocenters. The van der Waals surface area contributed by atoms with Gasteiger partial charge in [-0.1, -0.05) is 6.08 Å². The second kappa shape index (κ2) is 7.59. The Bertz CT molecular complexity index is 550. The van der Waals surface area contributed by atoms with Gasteiger partial charge in [-0.05, 0) is 37.8 Å². The van der Waals surface area contributed by atoms with Gasteiger partial charge in [0.05, 0.1) is 11.5 Å². The molecule has 0 aromatic heterocycles. The lowest BCUT2D eigenvalue weighted by Crippen LogP contribution is -2.03. The van der Waals surface area contributed by atoms with E-state index in [1.807, 2.05) is 0 Å². The summed E-state index contributed by atoms with van der Waals surface area (Å²) in [6.45, 7) is 3.74. The quantitative estimate of drug-likeness (QED) is 0.412. The van der Waals surface area contributed by atoms with Gasteiger partial charge in [-0.15, -0.1) is 6.58 Å². The van der Waals surface area contributed by atoms with Crippen molar-refractivity contribution in [3.8, 4) is 5.75 Å². The Kier molecular flexibility index (Phi) is 6.42. The highest BCUT2D eigenvalue weighted by atomic mass is 35.7. The number of halogens is 3. The molecule has 0 spiro atoms. The van der Waals surface area contributed by atoms with Gasteiger partial charge in [-0.3, -0.25) is 0 Å². The standard InChI is InChI=1S/C13H15ClF2O3S/c1-2-3-4-5-6-7-19-13-11(15)8-10(9-12(13)16)20(14,17)18/h2,8-9H,1,3-7H2. The molecular weight excluding hydrogens is 310 g/mol. The van der Waals surface area contributed by atoms with E-state index in [0.29, 0.717) is 18.6 Å². The molecule has 0 aliphatic heterocycles. The van der Waals surface area contributed by atoms with Crippen molar-refractivity contribution in [1.82, 2.24) is 0 Å². The summed E-state index contributed by atoms with van der Waals surface area (Å²) >= 11 is 0. The average Bonchev–Trinajstić information content (AvgIpc) is 2.34. The van der Waals surface area contributed by atoms with Gasteiger partial charge in [0.2, 0.25) is 0 Å². The Morgan fingerprint density at radius 2 is 1.80 bits per heavy atom. The summed E-state index contributed by atoms with van der Waals surface area (Å²) in [7, 11) is 0.847. The predicted molar refractivity (Wildman–Crippen MR) is 73.6 cm³/mol. The smallest absolute Gasteiger partial charge is 0.261 e. The summed E-state index contributed by atoms with van der Waals surface area (Å²) < 4.78 is 54.1. The first-order valence-electron chi connectivity index (χ1n) is 6.03. The number of hydrogen-bond acceptors (Lipinski definition) is 3. The molecule has 20 heavy (non-hydrogen) atoms. The number of ether oxygens (including phenoxy) is 1. The highest BCUT2D eigenvalue weighted by Crippen LogP contribution is 2.27. The second-order valence-electron chi connectivity index (χ2n) is 4.14. The van der Waals surface area contributed by atoms with Crippen LogP contribution in [0.15, 0.2) is 29.7 Å². The number of hydrogen-bond donors (Lipinski definition) is 0. The summed E-state index contributed by atoms with van der Waals surface area (Å²) in [6, 6.07) is 1.27. The molecule has 0 atom stereocenters. The molecule has 0 fully saturated rings. The predicted octanol–water partition coefficient (Wildman–Crippen LogP) is 4.02. The molecule has 112 valence electrons. The minimum absolute atomic E-state index is 0.151. The fraction of sp³-hybridized carbons (Fsp3) is 0.385. The molecule has 3 nitrogen and oxygen atoms in total. The van der Waals surface area contributed by atoms with Crippen LogP contribution < -0.4 is 4.74 Å². The van der Waals surface area contributed by atoms with Crippen LogP contribution in [0.3, 0.4) is 0 Å². The van der Waals surface area contributed by atoms with Crippen LogP contribution in [-0.2, 0) is 9.05 Å². The van der Waals surface area contributed by atoms with E-state index in [2.05, 4.69) is 6.58 Å². The molecule has 0 heterocycles. The molecule has 0 aliphatic carbocycles. The minimum atomic E-state index is -4.17. The molecule has 7 heteroatoms. The molecular formula is C13H15ClF2O3S. The third-order valence-electron chi connectivity index (χ3n) is 2.55. The second-order valence-corrected chi connectivity index (χ2v) is 6.71. The highest BCUT2D eigenvalue weighted by molar-refractivity contribution is 8.13. The molecule has 0 saturated carbocycles. The fourth-order valence-electron chi connectivity index (χ4n) is 1.56. The monoisotopic (exact) mass is 324 g/mol. The Morgan fingerprint density at radius 1 is 1.20 bits per heavy atom. The van der Waals surface area contributed by atoms with Crippen molar-refractivity contribution >= 4 is 19.7 Å². The summed E-state index contributed by atoms with van der Waals surface area (Å²) in [6.07, 6.45) is 5.10. The maximum absolute atomic E-state index is 13.6.